The highest BCUT2D eigenvalue weighted by atomic mass is 16.6. The van der Waals surface area contributed by atoms with Gasteiger partial charge in [-0.25, -0.2) is 4.68 Å². The van der Waals surface area contributed by atoms with Crippen LogP contribution < -0.4 is 0 Å². The fourth-order valence-corrected chi connectivity index (χ4v) is 3.88. The number of carbonyl (C=O) groups is 1. The van der Waals surface area contributed by atoms with Gasteiger partial charge in [-0.3, -0.25) is 14.9 Å². The number of hydrogen-bond donors (Lipinski definition) is 0. The molecule has 0 radical (unpaired) electrons. The van der Waals surface area contributed by atoms with Gasteiger partial charge < -0.3 is 9.80 Å². The maximum absolute atomic E-state index is 13.1. The number of aromatic nitrogens is 2. The summed E-state index contributed by atoms with van der Waals surface area (Å²) in [5.74, 6) is -0.0227. The number of hydrogen-bond acceptors (Lipinski definition) is 5. The van der Waals surface area contributed by atoms with E-state index in [1.807, 2.05) is 4.90 Å². The number of fused-ring (bicyclic) bond motifs is 1. The topological polar surface area (TPSA) is 84.5 Å². The molecule has 4 rings (SSSR count). The second kappa shape index (κ2) is 7.11. The summed E-state index contributed by atoms with van der Waals surface area (Å²) in [5.41, 5.74) is 3.20. The lowest BCUT2D eigenvalue weighted by Crippen LogP contribution is -2.47. The summed E-state index contributed by atoms with van der Waals surface area (Å²) in [5, 5.41) is 15.8. The molecule has 0 bridgehead atoms. The van der Waals surface area contributed by atoms with E-state index in [0.717, 1.165) is 50.0 Å². The molecule has 0 saturated carbocycles. The standard InChI is InChI=1S/C19H23N5O3/c1-21-9-11-22(12-10-21)19(25)18-16-7-2-3-8-17(16)23(20-18)14-5-4-6-15(13-14)24(26)27/h4-6,13H,2-3,7-12H2,1H3. The number of piperazine rings is 1. The smallest absolute Gasteiger partial charge is 0.274 e. The Morgan fingerprint density at radius 1 is 1.15 bits per heavy atom. The molecular formula is C19H23N5O3. The quantitative estimate of drug-likeness (QED) is 0.611. The Labute approximate surface area is 157 Å². The molecule has 1 aliphatic heterocycles. The van der Waals surface area contributed by atoms with Crippen molar-refractivity contribution in [1.82, 2.24) is 19.6 Å². The Kier molecular flexibility index (Phi) is 4.65. The number of nitro groups is 1. The predicted molar refractivity (Wildman–Crippen MR) is 100 cm³/mol. The van der Waals surface area contributed by atoms with Crippen LogP contribution in [0.25, 0.3) is 5.69 Å². The third-order valence-electron chi connectivity index (χ3n) is 5.46. The lowest BCUT2D eigenvalue weighted by atomic mass is 9.95. The summed E-state index contributed by atoms with van der Waals surface area (Å²) >= 11 is 0. The van der Waals surface area contributed by atoms with E-state index < -0.39 is 4.92 Å². The van der Waals surface area contributed by atoms with Crippen molar-refractivity contribution in [1.29, 1.82) is 0 Å². The van der Waals surface area contributed by atoms with Crippen LogP contribution in [0.4, 0.5) is 5.69 Å². The van der Waals surface area contributed by atoms with Crippen LogP contribution >= 0.6 is 0 Å². The van der Waals surface area contributed by atoms with Crippen LogP contribution in [0.3, 0.4) is 0 Å². The van der Waals surface area contributed by atoms with Gasteiger partial charge in [0.25, 0.3) is 11.6 Å². The first kappa shape index (κ1) is 17.7. The number of nitrogens with zero attached hydrogens (tertiary/aromatic N) is 5. The lowest BCUT2D eigenvalue weighted by molar-refractivity contribution is -0.384. The Bertz CT molecular complexity index is 883. The van der Waals surface area contributed by atoms with Gasteiger partial charge in [0, 0.05) is 49.6 Å². The van der Waals surface area contributed by atoms with Crippen LogP contribution in [0, 0.1) is 10.1 Å². The predicted octanol–water partition coefficient (Wildman–Crippen LogP) is 2.05. The first-order valence-corrected chi connectivity index (χ1v) is 9.38. The molecule has 1 saturated heterocycles. The van der Waals surface area contributed by atoms with Gasteiger partial charge in [0.1, 0.15) is 0 Å². The summed E-state index contributed by atoms with van der Waals surface area (Å²) < 4.78 is 1.74. The van der Waals surface area contributed by atoms with Crippen molar-refractivity contribution in [2.75, 3.05) is 33.2 Å². The van der Waals surface area contributed by atoms with Gasteiger partial charge in [0.05, 0.1) is 10.6 Å². The third-order valence-corrected chi connectivity index (χ3v) is 5.46. The van der Waals surface area contributed by atoms with Gasteiger partial charge in [0.15, 0.2) is 5.69 Å². The molecule has 0 atom stereocenters. The number of amides is 1. The fraction of sp³-hybridized carbons (Fsp3) is 0.474. The minimum atomic E-state index is -0.407. The molecule has 1 amide bonds. The summed E-state index contributed by atoms with van der Waals surface area (Å²) in [7, 11) is 2.06. The highest BCUT2D eigenvalue weighted by Crippen LogP contribution is 2.29. The van der Waals surface area contributed by atoms with Crippen LogP contribution in [0.2, 0.25) is 0 Å². The zero-order valence-corrected chi connectivity index (χ0v) is 15.4. The third kappa shape index (κ3) is 3.32. The largest absolute Gasteiger partial charge is 0.335 e. The average molecular weight is 369 g/mol. The fourth-order valence-electron chi connectivity index (χ4n) is 3.88. The van der Waals surface area contributed by atoms with Crippen molar-refractivity contribution >= 4 is 11.6 Å². The number of carbonyl (C=O) groups excluding carboxylic acids is 1. The van der Waals surface area contributed by atoms with E-state index in [4.69, 9.17) is 0 Å². The molecule has 1 aromatic carbocycles. The zero-order chi connectivity index (χ0) is 19.0. The first-order chi connectivity index (χ1) is 13.0. The number of non-ortho nitro benzene ring substituents is 1. The second-order valence-electron chi connectivity index (χ2n) is 7.27. The van der Waals surface area contributed by atoms with Crippen molar-refractivity contribution in [2.24, 2.45) is 0 Å². The molecule has 8 nitrogen and oxygen atoms in total. The summed E-state index contributed by atoms with van der Waals surface area (Å²) in [6.07, 6.45) is 3.74. The van der Waals surface area contributed by atoms with Gasteiger partial charge in [-0.1, -0.05) is 6.07 Å². The Hall–Kier alpha value is -2.74. The minimum absolute atomic E-state index is 0.0227. The second-order valence-corrected chi connectivity index (χ2v) is 7.27. The van der Waals surface area contributed by atoms with Crippen LogP contribution in [-0.2, 0) is 12.8 Å². The van der Waals surface area contributed by atoms with Gasteiger partial charge in [-0.2, -0.15) is 5.10 Å². The molecule has 8 heteroatoms. The molecule has 1 fully saturated rings. The molecule has 1 aliphatic carbocycles. The zero-order valence-electron chi connectivity index (χ0n) is 15.4. The molecule has 1 aromatic heterocycles. The number of benzene rings is 1. The summed E-state index contributed by atoms with van der Waals surface area (Å²) in [4.78, 5) is 27.9. The molecule has 142 valence electrons. The van der Waals surface area contributed by atoms with Gasteiger partial charge in [-0.05, 0) is 38.8 Å². The minimum Gasteiger partial charge on any atom is -0.335 e. The molecule has 2 aromatic rings. The van der Waals surface area contributed by atoms with Crippen LogP contribution in [0.5, 0.6) is 0 Å². The van der Waals surface area contributed by atoms with Crippen molar-refractivity contribution < 1.29 is 9.72 Å². The van der Waals surface area contributed by atoms with E-state index in [9.17, 15) is 14.9 Å². The molecule has 2 aliphatic rings. The van der Waals surface area contributed by atoms with Crippen LogP contribution in [-0.4, -0.2) is 63.6 Å². The highest BCUT2D eigenvalue weighted by Gasteiger charge is 2.29. The number of likely N-dealkylation sites (N-methyl/N-ethyl adjacent to an activating group) is 1. The maximum Gasteiger partial charge on any atom is 0.274 e. The van der Waals surface area contributed by atoms with E-state index in [2.05, 4.69) is 17.0 Å². The van der Waals surface area contributed by atoms with Crippen LogP contribution in [0.1, 0.15) is 34.6 Å². The summed E-state index contributed by atoms with van der Waals surface area (Å²) in [6.45, 7) is 3.13. The molecule has 0 spiro atoms. The van der Waals surface area contributed by atoms with Crippen molar-refractivity contribution in [3.05, 3.63) is 51.3 Å². The molecule has 0 unspecified atom stereocenters. The van der Waals surface area contributed by atoms with E-state index >= 15 is 0 Å². The number of rotatable bonds is 3. The monoisotopic (exact) mass is 369 g/mol. The Balaban J connectivity index is 1.73. The van der Waals surface area contributed by atoms with E-state index in [-0.39, 0.29) is 11.6 Å². The maximum atomic E-state index is 13.1. The average Bonchev–Trinajstić information content (AvgIpc) is 3.08. The molecular weight excluding hydrogens is 346 g/mol. The first-order valence-electron chi connectivity index (χ1n) is 9.38. The van der Waals surface area contributed by atoms with E-state index in [0.29, 0.717) is 24.5 Å². The van der Waals surface area contributed by atoms with E-state index in [1.54, 1.807) is 16.8 Å². The summed E-state index contributed by atoms with van der Waals surface area (Å²) in [6, 6.07) is 6.45. The normalized spacial score (nSPS) is 17.6. The van der Waals surface area contributed by atoms with Gasteiger partial charge in [-0.15, -0.1) is 0 Å². The molecule has 2 heterocycles. The Morgan fingerprint density at radius 2 is 1.89 bits per heavy atom. The SMILES string of the molecule is CN1CCN(C(=O)c2nn(-c3cccc([N+](=O)[O-])c3)c3c2CCCC3)CC1. The van der Waals surface area contributed by atoms with Crippen molar-refractivity contribution in [3.63, 3.8) is 0 Å². The highest BCUT2D eigenvalue weighted by molar-refractivity contribution is 5.94. The van der Waals surface area contributed by atoms with E-state index in [1.165, 1.54) is 12.1 Å². The van der Waals surface area contributed by atoms with Gasteiger partial charge in [0.2, 0.25) is 0 Å². The molecule has 0 N–H and O–H groups in total. The van der Waals surface area contributed by atoms with Gasteiger partial charge >= 0.3 is 0 Å². The Morgan fingerprint density at radius 3 is 2.63 bits per heavy atom. The molecule has 27 heavy (non-hydrogen) atoms. The lowest BCUT2D eigenvalue weighted by Gasteiger charge is -2.32. The van der Waals surface area contributed by atoms with Crippen molar-refractivity contribution in [3.8, 4) is 5.69 Å². The van der Waals surface area contributed by atoms with Crippen LogP contribution in [0.15, 0.2) is 24.3 Å². The number of nitro benzene ring substituents is 1. The van der Waals surface area contributed by atoms with Crippen molar-refractivity contribution in [2.45, 2.75) is 25.7 Å².